The van der Waals surface area contributed by atoms with Crippen molar-refractivity contribution < 1.29 is 9.59 Å². The predicted molar refractivity (Wildman–Crippen MR) is 139 cm³/mol. The van der Waals surface area contributed by atoms with Gasteiger partial charge in [0, 0.05) is 36.6 Å². The van der Waals surface area contributed by atoms with Crippen molar-refractivity contribution >= 4 is 45.0 Å². The number of likely N-dealkylation sites (tertiary alicyclic amines) is 1. The molecule has 5 nitrogen and oxygen atoms in total. The molecular formula is C27H32ClN3O2S. The van der Waals surface area contributed by atoms with E-state index in [0.29, 0.717) is 30.7 Å². The van der Waals surface area contributed by atoms with Gasteiger partial charge in [-0.1, -0.05) is 30.7 Å². The second-order valence-electron chi connectivity index (χ2n) is 9.94. The lowest BCUT2D eigenvalue weighted by Gasteiger charge is -2.33. The number of hydrogen-bond acceptors (Lipinski definition) is 3. The van der Waals surface area contributed by atoms with E-state index in [2.05, 4.69) is 28.3 Å². The monoisotopic (exact) mass is 497 g/mol. The molecule has 2 aromatic heterocycles. The maximum Gasteiger partial charge on any atom is 0.270 e. The highest BCUT2D eigenvalue weighted by molar-refractivity contribution is 7.17. The van der Waals surface area contributed by atoms with Gasteiger partial charge in [-0.3, -0.25) is 9.59 Å². The minimum Gasteiger partial charge on any atom is -0.353 e. The number of piperidine rings is 1. The minimum absolute atomic E-state index is 0.00717. The molecule has 1 aliphatic heterocycles. The molecule has 0 unspecified atom stereocenters. The van der Waals surface area contributed by atoms with Gasteiger partial charge in [0.2, 0.25) is 5.91 Å². The van der Waals surface area contributed by atoms with Crippen molar-refractivity contribution in [2.45, 2.75) is 58.0 Å². The third-order valence-electron chi connectivity index (χ3n) is 7.51. The molecule has 34 heavy (non-hydrogen) atoms. The van der Waals surface area contributed by atoms with Gasteiger partial charge in [0.1, 0.15) is 5.69 Å². The number of benzene rings is 1. The van der Waals surface area contributed by atoms with E-state index in [1.165, 1.54) is 12.8 Å². The normalized spacial score (nSPS) is 21.6. The lowest BCUT2D eigenvalue weighted by atomic mass is 9.86. The first kappa shape index (κ1) is 23.4. The Labute approximate surface area is 210 Å². The summed E-state index contributed by atoms with van der Waals surface area (Å²) in [6, 6.07) is 12.2. The van der Waals surface area contributed by atoms with Crippen molar-refractivity contribution in [1.82, 2.24) is 14.8 Å². The van der Waals surface area contributed by atoms with E-state index in [4.69, 9.17) is 11.6 Å². The molecule has 0 spiro atoms. The molecule has 0 bridgehead atoms. The quantitative estimate of drug-likeness (QED) is 0.473. The van der Waals surface area contributed by atoms with Crippen LogP contribution in [0.25, 0.3) is 10.2 Å². The van der Waals surface area contributed by atoms with Gasteiger partial charge < -0.3 is 14.8 Å². The summed E-state index contributed by atoms with van der Waals surface area (Å²) in [7, 11) is 0. The number of carbonyl (C=O) groups is 2. The molecule has 1 saturated heterocycles. The number of amides is 2. The number of rotatable bonds is 5. The van der Waals surface area contributed by atoms with Crippen LogP contribution in [0.5, 0.6) is 0 Å². The summed E-state index contributed by atoms with van der Waals surface area (Å²) in [4.78, 5) is 28.3. The Hall–Kier alpha value is -2.31. The Bertz CT molecular complexity index is 1150. The molecule has 1 aromatic carbocycles. The zero-order valence-electron chi connectivity index (χ0n) is 19.6. The average molecular weight is 498 g/mol. The van der Waals surface area contributed by atoms with Gasteiger partial charge in [0.25, 0.3) is 5.91 Å². The van der Waals surface area contributed by atoms with E-state index >= 15 is 0 Å². The molecule has 1 aliphatic carbocycles. The molecule has 0 radical (unpaired) electrons. The number of fused-ring (bicyclic) bond motifs is 1. The fraction of sp³-hybridized carbons (Fsp3) is 0.481. The maximum absolute atomic E-state index is 13.5. The van der Waals surface area contributed by atoms with Gasteiger partial charge in [-0.2, -0.15) is 0 Å². The summed E-state index contributed by atoms with van der Waals surface area (Å²) in [5.41, 5.74) is 2.91. The first-order valence-corrected chi connectivity index (χ1v) is 13.6. The lowest BCUT2D eigenvalue weighted by molar-refractivity contribution is -0.127. The molecule has 2 amide bonds. The number of nitrogens with zero attached hydrogens (tertiary/aromatic N) is 2. The largest absolute Gasteiger partial charge is 0.353 e. The third kappa shape index (κ3) is 5.03. The molecule has 1 N–H and O–H groups in total. The van der Waals surface area contributed by atoms with E-state index in [1.54, 1.807) is 11.3 Å². The van der Waals surface area contributed by atoms with E-state index in [-0.39, 0.29) is 17.7 Å². The Kier molecular flexibility index (Phi) is 6.98. The first-order chi connectivity index (χ1) is 16.5. The van der Waals surface area contributed by atoms with Crippen LogP contribution in [-0.2, 0) is 11.3 Å². The Balaban J connectivity index is 1.24. The number of nitrogens with one attached hydrogen (secondary N) is 1. The van der Waals surface area contributed by atoms with Crippen molar-refractivity contribution in [2.24, 2.45) is 11.8 Å². The number of carbonyl (C=O) groups excluding carboxylic acids is 2. The van der Waals surface area contributed by atoms with Crippen LogP contribution in [0.4, 0.5) is 0 Å². The van der Waals surface area contributed by atoms with Crippen LogP contribution in [0, 0.1) is 11.8 Å². The van der Waals surface area contributed by atoms with Crippen molar-refractivity contribution in [3.8, 4) is 0 Å². The number of thiophene rings is 1. The topological polar surface area (TPSA) is 54.3 Å². The highest BCUT2D eigenvalue weighted by Gasteiger charge is 2.31. The van der Waals surface area contributed by atoms with Crippen LogP contribution >= 0.6 is 22.9 Å². The highest BCUT2D eigenvalue weighted by Crippen LogP contribution is 2.29. The molecule has 7 heteroatoms. The molecule has 3 aromatic rings. The SMILES string of the molecule is CC1CCC(NC(=O)C2CCN(C(=O)c3cc4sccc4n3Cc3ccc(Cl)cc3)CC2)CC1. The molecule has 5 rings (SSSR count). The fourth-order valence-corrected chi connectivity index (χ4v) is 6.28. The van der Waals surface area contributed by atoms with Gasteiger partial charge in [-0.25, -0.2) is 0 Å². The number of hydrogen-bond donors (Lipinski definition) is 1. The van der Waals surface area contributed by atoms with Crippen LogP contribution < -0.4 is 5.32 Å². The highest BCUT2D eigenvalue weighted by atomic mass is 35.5. The van der Waals surface area contributed by atoms with E-state index in [0.717, 1.165) is 53.1 Å². The van der Waals surface area contributed by atoms with Gasteiger partial charge in [0.05, 0.1) is 10.2 Å². The Morgan fingerprint density at radius 2 is 1.74 bits per heavy atom. The molecule has 0 atom stereocenters. The predicted octanol–water partition coefficient (Wildman–Crippen LogP) is 5.95. The van der Waals surface area contributed by atoms with Crippen LogP contribution in [-0.4, -0.2) is 40.4 Å². The molecular weight excluding hydrogens is 466 g/mol. The molecule has 180 valence electrons. The van der Waals surface area contributed by atoms with Gasteiger partial charge >= 0.3 is 0 Å². The van der Waals surface area contributed by atoms with Crippen LogP contribution in [0.1, 0.15) is 61.5 Å². The first-order valence-electron chi connectivity index (χ1n) is 12.4. The van der Waals surface area contributed by atoms with Gasteiger partial charge in [-0.15, -0.1) is 11.3 Å². The summed E-state index contributed by atoms with van der Waals surface area (Å²) in [6.45, 7) is 4.16. The number of halogens is 1. The Morgan fingerprint density at radius 3 is 2.44 bits per heavy atom. The summed E-state index contributed by atoms with van der Waals surface area (Å²) >= 11 is 7.71. The summed E-state index contributed by atoms with van der Waals surface area (Å²) in [5, 5.41) is 6.06. The van der Waals surface area contributed by atoms with Crippen molar-refractivity contribution in [1.29, 1.82) is 0 Å². The Morgan fingerprint density at radius 1 is 1.03 bits per heavy atom. The van der Waals surface area contributed by atoms with Crippen LogP contribution in [0.3, 0.4) is 0 Å². The molecule has 1 saturated carbocycles. The van der Waals surface area contributed by atoms with Crippen molar-refractivity contribution in [2.75, 3.05) is 13.1 Å². The molecule has 3 heterocycles. The summed E-state index contributed by atoms with van der Waals surface area (Å²) in [6.07, 6.45) is 6.04. The second kappa shape index (κ2) is 10.1. The van der Waals surface area contributed by atoms with Crippen LogP contribution in [0.2, 0.25) is 5.02 Å². The third-order valence-corrected chi connectivity index (χ3v) is 8.62. The summed E-state index contributed by atoms with van der Waals surface area (Å²) < 4.78 is 3.23. The minimum atomic E-state index is 0.00717. The summed E-state index contributed by atoms with van der Waals surface area (Å²) in [5.74, 6) is 1.01. The van der Waals surface area contributed by atoms with E-state index in [9.17, 15) is 9.59 Å². The molecule has 2 fully saturated rings. The smallest absolute Gasteiger partial charge is 0.270 e. The molecule has 2 aliphatic rings. The standard InChI is InChI=1S/C27H32ClN3O2S/c1-18-2-8-22(9-3-18)29-26(32)20-10-13-30(14-11-20)27(33)24-16-25-23(12-15-34-25)31(24)17-19-4-6-21(28)7-5-19/h4-7,12,15-16,18,20,22H,2-3,8-11,13-14,17H2,1H3,(H,29,32). The van der Waals surface area contributed by atoms with E-state index < -0.39 is 0 Å². The zero-order valence-corrected chi connectivity index (χ0v) is 21.2. The van der Waals surface area contributed by atoms with Gasteiger partial charge in [-0.05, 0) is 79.7 Å². The fourth-order valence-electron chi connectivity index (χ4n) is 5.33. The lowest BCUT2D eigenvalue weighted by Crippen LogP contribution is -2.46. The number of aromatic nitrogens is 1. The van der Waals surface area contributed by atoms with E-state index in [1.807, 2.05) is 35.2 Å². The van der Waals surface area contributed by atoms with Crippen LogP contribution in [0.15, 0.2) is 41.8 Å². The van der Waals surface area contributed by atoms with Gasteiger partial charge in [0.15, 0.2) is 0 Å². The maximum atomic E-state index is 13.5. The average Bonchev–Trinajstić information content (AvgIpc) is 3.44. The van der Waals surface area contributed by atoms with Crippen molar-refractivity contribution in [3.63, 3.8) is 0 Å². The zero-order chi connectivity index (χ0) is 23.7. The second-order valence-corrected chi connectivity index (χ2v) is 11.3. The van der Waals surface area contributed by atoms with Crippen molar-refractivity contribution in [3.05, 3.63) is 58.1 Å².